The molecule has 0 radical (unpaired) electrons. The van der Waals surface area contributed by atoms with E-state index in [2.05, 4.69) is 15.3 Å². The first-order valence-corrected chi connectivity index (χ1v) is 5.33. The van der Waals surface area contributed by atoms with Crippen LogP contribution in [-0.2, 0) is 4.79 Å². The van der Waals surface area contributed by atoms with Gasteiger partial charge in [0.15, 0.2) is 5.82 Å². The third kappa shape index (κ3) is 2.09. The number of hydrogen-bond donors (Lipinski definition) is 1. The van der Waals surface area contributed by atoms with E-state index < -0.39 is 0 Å². The minimum absolute atomic E-state index is 0.0292. The van der Waals surface area contributed by atoms with Crippen molar-refractivity contribution < 1.29 is 4.79 Å². The molecule has 4 nitrogen and oxygen atoms in total. The summed E-state index contributed by atoms with van der Waals surface area (Å²) >= 11 is 5.67. The zero-order valence-corrected chi connectivity index (χ0v) is 9.21. The summed E-state index contributed by atoms with van der Waals surface area (Å²) < 4.78 is 0. The number of carbonyl (C=O) groups is 1. The van der Waals surface area contributed by atoms with Crippen molar-refractivity contribution in [1.82, 2.24) is 9.97 Å². The highest BCUT2D eigenvalue weighted by Crippen LogP contribution is 2.49. The number of nitrogens with one attached hydrogen (secondary N) is 1. The lowest BCUT2D eigenvalue weighted by Crippen LogP contribution is -2.24. The molecule has 1 amide bonds. The summed E-state index contributed by atoms with van der Waals surface area (Å²) in [6.45, 7) is 2.02. The molecule has 2 rings (SSSR count). The van der Waals surface area contributed by atoms with Gasteiger partial charge in [-0.3, -0.25) is 9.78 Å². The molecule has 1 aromatic heterocycles. The van der Waals surface area contributed by atoms with Crippen LogP contribution in [0.3, 0.4) is 0 Å². The SMILES string of the molecule is CCC1(C(=O)Nc2cncc(Cl)n2)CC1. The van der Waals surface area contributed by atoms with Crippen LogP contribution in [0.15, 0.2) is 12.4 Å². The zero-order valence-electron chi connectivity index (χ0n) is 8.46. The van der Waals surface area contributed by atoms with Crippen LogP contribution in [0.1, 0.15) is 26.2 Å². The van der Waals surface area contributed by atoms with Crippen LogP contribution in [0.2, 0.25) is 5.15 Å². The van der Waals surface area contributed by atoms with Gasteiger partial charge in [0.1, 0.15) is 5.15 Å². The van der Waals surface area contributed by atoms with Crippen LogP contribution < -0.4 is 5.32 Å². The molecule has 1 fully saturated rings. The first-order valence-electron chi connectivity index (χ1n) is 4.95. The third-order valence-electron chi connectivity index (χ3n) is 2.86. The van der Waals surface area contributed by atoms with Crippen LogP contribution in [0.25, 0.3) is 0 Å². The van der Waals surface area contributed by atoms with Crippen LogP contribution in [0, 0.1) is 5.41 Å². The fourth-order valence-electron chi connectivity index (χ4n) is 1.54. The highest BCUT2D eigenvalue weighted by molar-refractivity contribution is 6.29. The second-order valence-electron chi connectivity index (χ2n) is 3.82. The van der Waals surface area contributed by atoms with E-state index in [1.807, 2.05) is 6.92 Å². The van der Waals surface area contributed by atoms with Gasteiger partial charge in [-0.1, -0.05) is 18.5 Å². The van der Waals surface area contributed by atoms with Gasteiger partial charge in [0.25, 0.3) is 0 Å². The molecule has 0 aromatic carbocycles. The number of aromatic nitrogens is 2. The molecule has 0 saturated heterocycles. The Morgan fingerprint density at radius 1 is 1.60 bits per heavy atom. The van der Waals surface area contributed by atoms with E-state index in [0.29, 0.717) is 5.82 Å². The highest BCUT2D eigenvalue weighted by atomic mass is 35.5. The maximum absolute atomic E-state index is 11.8. The Morgan fingerprint density at radius 3 is 2.87 bits per heavy atom. The van der Waals surface area contributed by atoms with Crippen molar-refractivity contribution in [3.05, 3.63) is 17.5 Å². The van der Waals surface area contributed by atoms with Crippen molar-refractivity contribution in [2.75, 3.05) is 5.32 Å². The second-order valence-corrected chi connectivity index (χ2v) is 4.20. The van der Waals surface area contributed by atoms with Gasteiger partial charge in [-0.25, -0.2) is 4.98 Å². The van der Waals surface area contributed by atoms with E-state index in [-0.39, 0.29) is 16.5 Å². The highest BCUT2D eigenvalue weighted by Gasteiger charge is 2.48. The van der Waals surface area contributed by atoms with Crippen LogP contribution in [0.5, 0.6) is 0 Å². The van der Waals surface area contributed by atoms with Crippen LogP contribution in [0.4, 0.5) is 5.82 Å². The van der Waals surface area contributed by atoms with Crippen molar-refractivity contribution in [2.24, 2.45) is 5.41 Å². The predicted octanol–water partition coefficient (Wildman–Crippen LogP) is 2.26. The first-order chi connectivity index (χ1) is 7.16. The van der Waals surface area contributed by atoms with Gasteiger partial charge in [0.2, 0.25) is 5.91 Å². The minimum atomic E-state index is -0.163. The maximum Gasteiger partial charge on any atom is 0.231 e. The number of halogens is 1. The monoisotopic (exact) mass is 225 g/mol. The Bertz CT molecular complexity index is 390. The van der Waals surface area contributed by atoms with E-state index in [4.69, 9.17) is 11.6 Å². The minimum Gasteiger partial charge on any atom is -0.309 e. The van der Waals surface area contributed by atoms with E-state index in [9.17, 15) is 4.79 Å². The fourth-order valence-corrected chi connectivity index (χ4v) is 1.69. The molecule has 1 saturated carbocycles. The largest absolute Gasteiger partial charge is 0.309 e. The van der Waals surface area contributed by atoms with Gasteiger partial charge in [-0.2, -0.15) is 0 Å². The van der Waals surface area contributed by atoms with Crippen molar-refractivity contribution in [3.8, 4) is 0 Å². The van der Waals surface area contributed by atoms with Gasteiger partial charge in [0.05, 0.1) is 12.4 Å². The van der Waals surface area contributed by atoms with Crippen molar-refractivity contribution in [3.63, 3.8) is 0 Å². The van der Waals surface area contributed by atoms with E-state index in [0.717, 1.165) is 19.3 Å². The van der Waals surface area contributed by atoms with Crippen molar-refractivity contribution in [1.29, 1.82) is 0 Å². The standard InChI is InChI=1S/C10H12ClN3O/c1-2-10(3-4-10)9(15)14-8-6-12-5-7(11)13-8/h5-6H,2-4H2,1H3,(H,13,14,15). The van der Waals surface area contributed by atoms with E-state index >= 15 is 0 Å². The number of carbonyl (C=O) groups excluding carboxylic acids is 1. The van der Waals surface area contributed by atoms with E-state index in [1.165, 1.54) is 12.4 Å². The number of anilines is 1. The molecule has 1 aliphatic carbocycles. The van der Waals surface area contributed by atoms with Gasteiger partial charge < -0.3 is 5.32 Å². The molecule has 5 heteroatoms. The molecule has 0 atom stereocenters. The molecule has 1 heterocycles. The Labute approximate surface area is 93.1 Å². The molecule has 0 spiro atoms. The number of nitrogens with zero attached hydrogens (tertiary/aromatic N) is 2. The number of rotatable bonds is 3. The molecule has 80 valence electrons. The average molecular weight is 226 g/mol. The summed E-state index contributed by atoms with van der Waals surface area (Å²) in [5.74, 6) is 0.453. The normalized spacial score (nSPS) is 17.2. The fraction of sp³-hybridized carbons (Fsp3) is 0.500. The topological polar surface area (TPSA) is 54.9 Å². The van der Waals surface area contributed by atoms with Crippen molar-refractivity contribution in [2.45, 2.75) is 26.2 Å². The quantitative estimate of drug-likeness (QED) is 0.859. The molecular formula is C10H12ClN3O. The lowest BCUT2D eigenvalue weighted by molar-refractivity contribution is -0.121. The lowest BCUT2D eigenvalue weighted by atomic mass is 10.0. The third-order valence-corrected chi connectivity index (χ3v) is 3.04. The van der Waals surface area contributed by atoms with Gasteiger partial charge in [0, 0.05) is 5.41 Å². The summed E-state index contributed by atoms with van der Waals surface area (Å²) in [5.41, 5.74) is -0.163. The Kier molecular flexibility index (Phi) is 2.61. The molecule has 0 aliphatic heterocycles. The smallest absolute Gasteiger partial charge is 0.231 e. The second kappa shape index (κ2) is 3.77. The Morgan fingerprint density at radius 2 is 2.33 bits per heavy atom. The molecule has 15 heavy (non-hydrogen) atoms. The molecular weight excluding hydrogens is 214 g/mol. The number of amides is 1. The molecule has 1 aromatic rings. The van der Waals surface area contributed by atoms with Crippen LogP contribution in [-0.4, -0.2) is 15.9 Å². The molecule has 1 N–H and O–H groups in total. The zero-order chi connectivity index (χ0) is 10.9. The first kappa shape index (κ1) is 10.4. The summed E-state index contributed by atoms with van der Waals surface area (Å²) in [4.78, 5) is 19.6. The van der Waals surface area contributed by atoms with E-state index in [1.54, 1.807) is 0 Å². The summed E-state index contributed by atoms with van der Waals surface area (Å²) in [6.07, 6.45) is 5.72. The average Bonchev–Trinajstić information content (AvgIpc) is 2.98. The molecule has 0 unspecified atom stereocenters. The molecule has 1 aliphatic rings. The summed E-state index contributed by atoms with van der Waals surface area (Å²) in [6, 6.07) is 0. The summed E-state index contributed by atoms with van der Waals surface area (Å²) in [5, 5.41) is 3.03. The molecule has 0 bridgehead atoms. The van der Waals surface area contributed by atoms with Crippen molar-refractivity contribution >= 4 is 23.3 Å². The Balaban J connectivity index is 2.06. The number of hydrogen-bond acceptors (Lipinski definition) is 3. The Hall–Kier alpha value is -1.16. The van der Waals surface area contributed by atoms with Gasteiger partial charge in [-0.15, -0.1) is 0 Å². The predicted molar refractivity (Wildman–Crippen MR) is 57.6 cm³/mol. The maximum atomic E-state index is 11.8. The van der Waals surface area contributed by atoms with Gasteiger partial charge in [-0.05, 0) is 19.3 Å². The summed E-state index contributed by atoms with van der Waals surface area (Å²) in [7, 11) is 0. The van der Waals surface area contributed by atoms with Crippen LogP contribution >= 0.6 is 11.6 Å². The van der Waals surface area contributed by atoms with Gasteiger partial charge >= 0.3 is 0 Å². The lowest BCUT2D eigenvalue weighted by Gasteiger charge is -2.11.